The molecular formula is C23H24F2N8O. The highest BCUT2D eigenvalue weighted by atomic mass is 19.2. The Morgan fingerprint density at radius 2 is 2.18 bits per heavy atom. The predicted molar refractivity (Wildman–Crippen MR) is 122 cm³/mol. The summed E-state index contributed by atoms with van der Waals surface area (Å²) in [5, 5.41) is 14.8. The van der Waals surface area contributed by atoms with Gasteiger partial charge in [0.1, 0.15) is 11.5 Å². The van der Waals surface area contributed by atoms with E-state index in [0.29, 0.717) is 31.5 Å². The van der Waals surface area contributed by atoms with Gasteiger partial charge in [-0.1, -0.05) is 12.1 Å². The maximum absolute atomic E-state index is 14.4. The van der Waals surface area contributed by atoms with Crippen LogP contribution in [-0.4, -0.2) is 61.7 Å². The molecule has 0 aliphatic carbocycles. The summed E-state index contributed by atoms with van der Waals surface area (Å²) >= 11 is 0. The van der Waals surface area contributed by atoms with Crippen molar-refractivity contribution in [2.24, 2.45) is 0 Å². The first-order chi connectivity index (χ1) is 16.5. The highest BCUT2D eigenvalue weighted by Crippen LogP contribution is 2.30. The molecular weight excluding hydrogens is 442 g/mol. The molecule has 1 amide bonds. The van der Waals surface area contributed by atoms with Crippen LogP contribution in [0, 0.1) is 11.6 Å². The van der Waals surface area contributed by atoms with E-state index in [-0.39, 0.29) is 29.3 Å². The number of nitrogens with zero attached hydrogens (tertiary/aromatic N) is 6. The second-order valence-corrected chi connectivity index (χ2v) is 8.46. The van der Waals surface area contributed by atoms with E-state index < -0.39 is 11.6 Å². The molecule has 2 aliphatic rings. The van der Waals surface area contributed by atoms with Crippen LogP contribution in [0.15, 0.2) is 36.5 Å². The van der Waals surface area contributed by atoms with Crippen molar-refractivity contribution in [3.05, 3.63) is 53.7 Å². The highest BCUT2D eigenvalue weighted by Gasteiger charge is 2.24. The molecule has 2 aliphatic heterocycles. The maximum Gasteiger partial charge on any atom is 0.224 e. The molecule has 4 heterocycles. The topological polar surface area (TPSA) is 115 Å². The van der Waals surface area contributed by atoms with Gasteiger partial charge >= 0.3 is 0 Å². The zero-order valence-electron chi connectivity index (χ0n) is 18.4. The van der Waals surface area contributed by atoms with E-state index in [1.807, 2.05) is 11.0 Å². The number of hydrogen-bond acceptors (Lipinski definition) is 7. The van der Waals surface area contributed by atoms with Crippen LogP contribution >= 0.6 is 0 Å². The van der Waals surface area contributed by atoms with Gasteiger partial charge < -0.3 is 16.0 Å². The molecule has 0 spiro atoms. The molecule has 9 nitrogen and oxygen atoms in total. The van der Waals surface area contributed by atoms with Gasteiger partial charge in [0.25, 0.3) is 0 Å². The van der Waals surface area contributed by atoms with Crippen molar-refractivity contribution in [3.8, 4) is 17.1 Å². The van der Waals surface area contributed by atoms with E-state index >= 15 is 0 Å². The average molecular weight is 466 g/mol. The van der Waals surface area contributed by atoms with Gasteiger partial charge in [0.15, 0.2) is 17.5 Å². The summed E-state index contributed by atoms with van der Waals surface area (Å²) < 4.78 is 29.2. The maximum atomic E-state index is 14.4. The molecule has 3 aromatic rings. The van der Waals surface area contributed by atoms with Gasteiger partial charge in [0.2, 0.25) is 5.91 Å². The molecule has 0 radical (unpaired) electrons. The molecule has 3 N–H and O–H groups in total. The van der Waals surface area contributed by atoms with Crippen molar-refractivity contribution in [1.82, 2.24) is 35.4 Å². The monoisotopic (exact) mass is 466 g/mol. The van der Waals surface area contributed by atoms with Gasteiger partial charge in [-0.3, -0.25) is 4.79 Å². The lowest BCUT2D eigenvalue weighted by atomic mass is 9.99. The second kappa shape index (κ2) is 9.26. The number of tetrazole rings is 1. The standard InChI is InChI=1S/C23H24F2N8O/c24-18-4-1-5-19(21(18)25)33-23(29-30-31-33)17-11-15(13-28-22(17)26)14-6-9-32(10-7-14)20(34)12-16-3-2-8-27-16/h1,4-6,11,13,16,27H,2-3,7-10,12H2,(H2,26,28)/t16-/m0/s1. The van der Waals surface area contributed by atoms with Crippen LogP contribution in [0.25, 0.3) is 22.6 Å². The van der Waals surface area contributed by atoms with Crippen LogP contribution in [0.5, 0.6) is 0 Å². The molecule has 1 atom stereocenters. The Hall–Kier alpha value is -3.73. The number of nitrogens with one attached hydrogen (secondary N) is 1. The Bertz CT molecular complexity index is 1250. The highest BCUT2D eigenvalue weighted by molar-refractivity contribution is 5.80. The summed E-state index contributed by atoms with van der Waals surface area (Å²) in [6, 6.07) is 5.83. The number of carbonyl (C=O) groups is 1. The summed E-state index contributed by atoms with van der Waals surface area (Å²) in [5.74, 6) is -1.61. The summed E-state index contributed by atoms with van der Waals surface area (Å²) in [6.07, 6.45) is 7.01. The lowest BCUT2D eigenvalue weighted by Gasteiger charge is -2.28. The van der Waals surface area contributed by atoms with Gasteiger partial charge in [0.05, 0.1) is 5.56 Å². The van der Waals surface area contributed by atoms with Gasteiger partial charge in [-0.2, -0.15) is 4.68 Å². The van der Waals surface area contributed by atoms with E-state index in [9.17, 15) is 13.6 Å². The van der Waals surface area contributed by atoms with Gasteiger partial charge in [-0.15, -0.1) is 5.10 Å². The number of carbonyl (C=O) groups excluding carboxylic acids is 1. The molecule has 0 saturated carbocycles. The lowest BCUT2D eigenvalue weighted by Crippen LogP contribution is -2.38. The fraction of sp³-hybridized carbons (Fsp3) is 0.348. The minimum absolute atomic E-state index is 0.132. The number of anilines is 1. The normalized spacial score (nSPS) is 18.2. The summed E-state index contributed by atoms with van der Waals surface area (Å²) in [4.78, 5) is 18.8. The minimum Gasteiger partial charge on any atom is -0.383 e. The zero-order chi connectivity index (χ0) is 23.7. The average Bonchev–Trinajstić information content (AvgIpc) is 3.54. The SMILES string of the molecule is Nc1ncc(C2=CCN(C(=O)C[C@@H]3CCCN3)CC2)cc1-c1nnnn1-c1cccc(F)c1F. The molecule has 1 aromatic carbocycles. The van der Waals surface area contributed by atoms with E-state index in [2.05, 4.69) is 25.8 Å². The van der Waals surface area contributed by atoms with Crippen molar-refractivity contribution < 1.29 is 13.6 Å². The Morgan fingerprint density at radius 3 is 2.94 bits per heavy atom. The quantitative estimate of drug-likeness (QED) is 0.593. The zero-order valence-corrected chi connectivity index (χ0v) is 18.4. The third kappa shape index (κ3) is 4.26. The number of benzene rings is 1. The fourth-order valence-corrected chi connectivity index (χ4v) is 4.43. The Morgan fingerprint density at radius 1 is 1.29 bits per heavy atom. The summed E-state index contributed by atoms with van der Waals surface area (Å²) in [5.41, 5.74) is 8.20. The molecule has 0 unspecified atom stereocenters. The second-order valence-electron chi connectivity index (χ2n) is 8.46. The van der Waals surface area contributed by atoms with E-state index in [1.165, 1.54) is 12.1 Å². The molecule has 176 valence electrons. The molecule has 2 aromatic heterocycles. The van der Waals surface area contributed by atoms with E-state index in [4.69, 9.17) is 5.73 Å². The number of rotatable bonds is 5. The van der Waals surface area contributed by atoms with Crippen LogP contribution in [0.1, 0.15) is 31.2 Å². The molecule has 11 heteroatoms. The molecule has 0 bridgehead atoms. The largest absolute Gasteiger partial charge is 0.383 e. The number of hydrogen-bond donors (Lipinski definition) is 2. The van der Waals surface area contributed by atoms with Crippen LogP contribution in [-0.2, 0) is 4.79 Å². The van der Waals surface area contributed by atoms with Crippen molar-refractivity contribution in [3.63, 3.8) is 0 Å². The van der Waals surface area contributed by atoms with Gasteiger partial charge in [-0.25, -0.2) is 13.8 Å². The Labute approximate surface area is 194 Å². The van der Waals surface area contributed by atoms with Crippen molar-refractivity contribution in [2.45, 2.75) is 31.7 Å². The molecule has 1 saturated heterocycles. The van der Waals surface area contributed by atoms with Crippen LogP contribution < -0.4 is 11.1 Å². The first-order valence-electron chi connectivity index (χ1n) is 11.2. The van der Waals surface area contributed by atoms with Crippen LogP contribution in [0.2, 0.25) is 0 Å². The van der Waals surface area contributed by atoms with E-state index in [1.54, 1.807) is 12.3 Å². The first kappa shape index (κ1) is 22.1. The molecule has 34 heavy (non-hydrogen) atoms. The van der Waals surface area contributed by atoms with Crippen molar-refractivity contribution >= 4 is 17.3 Å². The number of halogens is 2. The van der Waals surface area contributed by atoms with Crippen LogP contribution in [0.4, 0.5) is 14.6 Å². The lowest BCUT2D eigenvalue weighted by molar-refractivity contribution is -0.131. The first-order valence-corrected chi connectivity index (χ1v) is 11.2. The van der Waals surface area contributed by atoms with Gasteiger partial charge in [-0.05, 0) is 65.6 Å². The molecule has 5 rings (SSSR count). The smallest absolute Gasteiger partial charge is 0.224 e. The number of pyridine rings is 1. The third-order valence-corrected chi connectivity index (χ3v) is 6.30. The van der Waals surface area contributed by atoms with Gasteiger partial charge in [0, 0.05) is 31.7 Å². The number of aromatic nitrogens is 5. The summed E-state index contributed by atoms with van der Waals surface area (Å²) in [6.45, 7) is 2.11. The number of amides is 1. The predicted octanol–water partition coefficient (Wildman–Crippen LogP) is 2.34. The Kier molecular flexibility index (Phi) is 6.01. The van der Waals surface area contributed by atoms with Crippen LogP contribution in [0.3, 0.4) is 0 Å². The van der Waals surface area contributed by atoms with Crippen molar-refractivity contribution in [2.75, 3.05) is 25.4 Å². The Balaban J connectivity index is 1.39. The fourth-order valence-electron chi connectivity index (χ4n) is 4.43. The van der Waals surface area contributed by atoms with E-state index in [0.717, 1.165) is 41.3 Å². The summed E-state index contributed by atoms with van der Waals surface area (Å²) in [7, 11) is 0. The number of nitrogens with two attached hydrogens (primary N) is 1. The molecule has 1 fully saturated rings. The van der Waals surface area contributed by atoms with Crippen molar-refractivity contribution in [1.29, 1.82) is 0 Å². The minimum atomic E-state index is -1.06. The number of nitrogen functional groups attached to an aromatic ring is 1. The third-order valence-electron chi connectivity index (χ3n) is 6.30.